The Morgan fingerprint density at radius 3 is 3.06 bits per heavy atom. The minimum atomic E-state index is 0.353. The summed E-state index contributed by atoms with van der Waals surface area (Å²) in [5.74, 6) is 1.87. The van der Waals surface area contributed by atoms with Gasteiger partial charge in [0.25, 0.3) is 0 Å². The maximum absolute atomic E-state index is 12.2. The summed E-state index contributed by atoms with van der Waals surface area (Å²) in [5.41, 5.74) is 3.89. The van der Waals surface area contributed by atoms with Crippen LogP contribution < -0.4 is 4.90 Å². The summed E-state index contributed by atoms with van der Waals surface area (Å²) in [6, 6.07) is 6.99. The number of piperidine rings is 1. The normalized spacial score (nSPS) is 33.8. The number of amides is 1. The van der Waals surface area contributed by atoms with E-state index in [0.29, 0.717) is 11.9 Å². The zero-order chi connectivity index (χ0) is 11.6. The van der Waals surface area contributed by atoms with Gasteiger partial charge in [0, 0.05) is 12.5 Å². The molecule has 3 aliphatic rings. The van der Waals surface area contributed by atoms with Crippen LogP contribution in [0.3, 0.4) is 0 Å². The van der Waals surface area contributed by atoms with Crippen LogP contribution in [0.2, 0.25) is 0 Å². The van der Waals surface area contributed by atoms with Gasteiger partial charge in [0.1, 0.15) is 0 Å². The molecule has 1 amide bonds. The number of hydrogen-bond acceptors (Lipinski definition) is 1. The molecule has 1 aliphatic carbocycles. The van der Waals surface area contributed by atoms with Gasteiger partial charge >= 0.3 is 0 Å². The number of nitrogens with zero attached hydrogens (tertiary/aromatic N) is 1. The first-order chi connectivity index (χ1) is 8.25. The van der Waals surface area contributed by atoms with E-state index < -0.39 is 0 Å². The van der Waals surface area contributed by atoms with Gasteiger partial charge in [-0.15, -0.1) is 0 Å². The predicted molar refractivity (Wildman–Crippen MR) is 67.0 cm³/mol. The van der Waals surface area contributed by atoms with Gasteiger partial charge in [-0.05, 0) is 49.1 Å². The number of fused-ring (bicyclic) bond motifs is 2. The van der Waals surface area contributed by atoms with Crippen LogP contribution in [0, 0.1) is 18.8 Å². The van der Waals surface area contributed by atoms with Crippen molar-refractivity contribution >= 4 is 11.6 Å². The molecule has 0 unspecified atom stereocenters. The van der Waals surface area contributed by atoms with E-state index in [1.807, 2.05) is 0 Å². The molecule has 2 aliphatic heterocycles. The molecule has 1 aromatic rings. The Labute approximate surface area is 102 Å². The standard InChI is InChI=1S/C15H17NO/c1-9-3-2-4-10-7-12-8-11-5-6-13(17)16(14(9)10)15(11)12/h2-4,11-12,15H,5-8H2,1H3/t11-,12+,15-/m0/s1. The fourth-order valence-electron chi connectivity index (χ4n) is 4.15. The Morgan fingerprint density at radius 2 is 2.18 bits per heavy atom. The number of anilines is 1. The van der Waals surface area contributed by atoms with Crippen LogP contribution in [0.15, 0.2) is 18.2 Å². The van der Waals surface area contributed by atoms with E-state index >= 15 is 0 Å². The van der Waals surface area contributed by atoms with Crippen LogP contribution in [-0.2, 0) is 11.2 Å². The fraction of sp³-hybridized carbons (Fsp3) is 0.533. The van der Waals surface area contributed by atoms with E-state index in [2.05, 4.69) is 30.0 Å². The lowest BCUT2D eigenvalue weighted by atomic mass is 9.61. The van der Waals surface area contributed by atoms with E-state index in [1.54, 1.807) is 0 Å². The first-order valence-corrected chi connectivity index (χ1v) is 6.66. The van der Waals surface area contributed by atoms with E-state index in [9.17, 15) is 4.79 Å². The molecule has 2 nitrogen and oxygen atoms in total. The van der Waals surface area contributed by atoms with E-state index in [4.69, 9.17) is 0 Å². The van der Waals surface area contributed by atoms with Gasteiger partial charge in [-0.3, -0.25) is 4.79 Å². The van der Waals surface area contributed by atoms with Gasteiger partial charge in [0.2, 0.25) is 5.91 Å². The quantitative estimate of drug-likeness (QED) is 0.667. The number of hydrogen-bond donors (Lipinski definition) is 0. The lowest BCUT2D eigenvalue weighted by Gasteiger charge is -2.57. The topological polar surface area (TPSA) is 20.3 Å². The van der Waals surface area contributed by atoms with Crippen LogP contribution in [0.1, 0.15) is 30.4 Å². The Bertz CT molecular complexity index is 508. The number of aryl methyl sites for hydroxylation is 1. The Morgan fingerprint density at radius 1 is 1.29 bits per heavy atom. The predicted octanol–water partition coefficient (Wildman–Crippen LogP) is 2.68. The van der Waals surface area contributed by atoms with Crippen LogP contribution in [0.25, 0.3) is 0 Å². The lowest BCUT2D eigenvalue weighted by molar-refractivity contribution is -0.124. The first-order valence-electron chi connectivity index (χ1n) is 6.66. The molecule has 3 atom stereocenters. The molecule has 0 spiro atoms. The maximum Gasteiger partial charge on any atom is 0.227 e. The minimum absolute atomic E-state index is 0.353. The molecule has 4 rings (SSSR count). The van der Waals surface area contributed by atoms with Crippen LogP contribution in [-0.4, -0.2) is 11.9 Å². The van der Waals surface area contributed by atoms with Crippen molar-refractivity contribution in [3.63, 3.8) is 0 Å². The maximum atomic E-state index is 12.2. The second-order valence-corrected chi connectivity index (χ2v) is 5.84. The zero-order valence-corrected chi connectivity index (χ0v) is 10.1. The molecular weight excluding hydrogens is 210 g/mol. The summed E-state index contributed by atoms with van der Waals surface area (Å²) in [4.78, 5) is 14.4. The Kier molecular flexibility index (Phi) is 1.78. The molecule has 2 heteroatoms. The fourth-order valence-corrected chi connectivity index (χ4v) is 4.15. The van der Waals surface area contributed by atoms with Crippen LogP contribution in [0.4, 0.5) is 5.69 Å². The molecule has 1 saturated heterocycles. The first kappa shape index (κ1) is 9.69. The van der Waals surface area contributed by atoms with Crippen molar-refractivity contribution in [2.75, 3.05) is 4.90 Å². The van der Waals surface area contributed by atoms with Gasteiger partial charge in [0.05, 0.1) is 5.69 Å². The minimum Gasteiger partial charge on any atom is -0.308 e. The highest BCUT2D eigenvalue weighted by Gasteiger charge is 2.52. The second kappa shape index (κ2) is 3.12. The zero-order valence-electron chi connectivity index (χ0n) is 10.1. The van der Waals surface area contributed by atoms with E-state index in [1.165, 1.54) is 29.7 Å². The van der Waals surface area contributed by atoms with Crippen molar-refractivity contribution < 1.29 is 4.79 Å². The SMILES string of the molecule is Cc1cccc2c1N1C(=O)CC[C@H]3C[C@@H](C2)[C@H]31. The molecule has 2 heterocycles. The molecule has 0 bridgehead atoms. The van der Waals surface area contributed by atoms with Gasteiger partial charge in [0.15, 0.2) is 0 Å². The molecule has 1 saturated carbocycles. The van der Waals surface area contributed by atoms with E-state index in [-0.39, 0.29) is 0 Å². The van der Waals surface area contributed by atoms with Crippen molar-refractivity contribution in [3.8, 4) is 0 Å². The van der Waals surface area contributed by atoms with Gasteiger partial charge < -0.3 is 4.90 Å². The van der Waals surface area contributed by atoms with Crippen molar-refractivity contribution in [1.29, 1.82) is 0 Å². The molecule has 17 heavy (non-hydrogen) atoms. The molecule has 0 N–H and O–H groups in total. The lowest BCUT2D eigenvalue weighted by Crippen LogP contribution is -2.62. The summed E-state index contributed by atoms with van der Waals surface area (Å²) in [6.07, 6.45) is 4.39. The highest BCUT2D eigenvalue weighted by Crippen LogP contribution is 2.52. The van der Waals surface area contributed by atoms with Crippen molar-refractivity contribution in [2.24, 2.45) is 11.8 Å². The average Bonchev–Trinajstić information content (AvgIpc) is 2.29. The molecule has 0 aromatic heterocycles. The number of carbonyl (C=O) groups excluding carboxylic acids is 1. The largest absolute Gasteiger partial charge is 0.308 e. The van der Waals surface area contributed by atoms with Gasteiger partial charge in [-0.2, -0.15) is 0 Å². The summed E-state index contributed by atoms with van der Waals surface area (Å²) in [7, 11) is 0. The van der Waals surface area contributed by atoms with Crippen molar-refractivity contribution in [3.05, 3.63) is 29.3 Å². The molecule has 88 valence electrons. The molecule has 2 fully saturated rings. The molecular formula is C15H17NO. The van der Waals surface area contributed by atoms with Crippen molar-refractivity contribution in [1.82, 2.24) is 0 Å². The van der Waals surface area contributed by atoms with Gasteiger partial charge in [-0.1, -0.05) is 18.2 Å². The van der Waals surface area contributed by atoms with E-state index in [0.717, 1.165) is 24.7 Å². The highest BCUT2D eigenvalue weighted by molar-refractivity contribution is 5.97. The number of carbonyl (C=O) groups is 1. The highest BCUT2D eigenvalue weighted by atomic mass is 16.2. The van der Waals surface area contributed by atoms with Crippen molar-refractivity contribution in [2.45, 2.75) is 38.6 Å². The third-order valence-corrected chi connectivity index (χ3v) is 4.91. The average molecular weight is 227 g/mol. The summed E-state index contributed by atoms with van der Waals surface area (Å²) < 4.78 is 0. The Balaban J connectivity index is 1.90. The smallest absolute Gasteiger partial charge is 0.227 e. The number of rotatable bonds is 0. The third kappa shape index (κ3) is 1.13. The third-order valence-electron chi connectivity index (χ3n) is 4.91. The van der Waals surface area contributed by atoms with Gasteiger partial charge in [-0.25, -0.2) is 0 Å². The summed E-state index contributed by atoms with van der Waals surface area (Å²) >= 11 is 0. The number of benzene rings is 1. The molecule has 0 radical (unpaired) electrons. The van der Waals surface area contributed by atoms with Crippen LogP contribution in [0.5, 0.6) is 0 Å². The Hall–Kier alpha value is -1.31. The molecule has 1 aromatic carbocycles. The monoisotopic (exact) mass is 227 g/mol. The second-order valence-electron chi connectivity index (χ2n) is 5.84. The van der Waals surface area contributed by atoms with Crippen LogP contribution >= 0.6 is 0 Å². The number of para-hydroxylation sites is 1. The summed E-state index contributed by atoms with van der Waals surface area (Å²) in [5, 5.41) is 0. The summed E-state index contributed by atoms with van der Waals surface area (Å²) in [6.45, 7) is 2.13.